The average Bonchev–Trinajstić information content (AvgIpc) is 2.80. The van der Waals surface area contributed by atoms with Crippen LogP contribution < -0.4 is 0 Å². The predicted octanol–water partition coefficient (Wildman–Crippen LogP) is 3.94. The Kier molecular flexibility index (Phi) is 7.83. The molecule has 0 amide bonds. The van der Waals surface area contributed by atoms with Crippen LogP contribution in [0, 0.1) is 31.1 Å². The van der Waals surface area contributed by atoms with Crippen molar-refractivity contribution in [1.82, 2.24) is 4.57 Å². The first-order chi connectivity index (χ1) is 12.4. The molecule has 1 heterocycles. The normalized spacial score (nSPS) is 12.0. The molecule has 1 aromatic heterocycles. The van der Waals surface area contributed by atoms with Crippen molar-refractivity contribution in [3.63, 3.8) is 0 Å². The van der Waals surface area contributed by atoms with Gasteiger partial charge in [0.05, 0.1) is 0 Å². The molecule has 1 rings (SSSR count). The fourth-order valence-corrected chi connectivity index (χ4v) is 2.57. The van der Waals surface area contributed by atoms with Crippen LogP contribution in [0.3, 0.4) is 0 Å². The van der Waals surface area contributed by atoms with Gasteiger partial charge < -0.3 is 14.0 Å². The van der Waals surface area contributed by atoms with E-state index >= 15 is 0 Å². The van der Waals surface area contributed by atoms with Gasteiger partial charge in [0.25, 0.3) is 0 Å². The fraction of sp³-hybridized carbons (Fsp3) is 0.571. The van der Waals surface area contributed by atoms with Gasteiger partial charge in [-0.25, -0.2) is 9.59 Å². The lowest BCUT2D eigenvalue weighted by Crippen LogP contribution is -2.27. The third-order valence-electron chi connectivity index (χ3n) is 3.92. The van der Waals surface area contributed by atoms with Gasteiger partial charge in [-0.05, 0) is 64.7 Å². The van der Waals surface area contributed by atoms with E-state index in [0.29, 0.717) is 5.92 Å². The Morgan fingerprint density at radius 1 is 1.30 bits per heavy atom. The molecular formula is C21H30N2O4. The van der Waals surface area contributed by atoms with Gasteiger partial charge >= 0.3 is 11.9 Å². The first-order valence-electron chi connectivity index (χ1n) is 9.12. The van der Waals surface area contributed by atoms with Crippen molar-refractivity contribution in [1.29, 1.82) is 5.26 Å². The van der Waals surface area contributed by atoms with Crippen molar-refractivity contribution in [2.24, 2.45) is 5.92 Å². The molecule has 0 spiro atoms. The zero-order chi connectivity index (χ0) is 20.8. The zero-order valence-corrected chi connectivity index (χ0v) is 17.4. The van der Waals surface area contributed by atoms with Crippen LogP contribution in [0.15, 0.2) is 11.6 Å². The third-order valence-corrected chi connectivity index (χ3v) is 3.92. The molecule has 1 aromatic rings. The maximum Gasteiger partial charge on any atom is 0.349 e. The summed E-state index contributed by atoms with van der Waals surface area (Å²) in [5, 5.41) is 9.31. The minimum absolute atomic E-state index is 0.150. The first-order valence-corrected chi connectivity index (χ1v) is 9.12. The maximum atomic E-state index is 12.1. The van der Waals surface area contributed by atoms with E-state index in [-0.39, 0.29) is 5.57 Å². The van der Waals surface area contributed by atoms with Crippen molar-refractivity contribution in [2.75, 3.05) is 6.61 Å². The van der Waals surface area contributed by atoms with Crippen LogP contribution >= 0.6 is 0 Å². The molecule has 0 saturated heterocycles. The highest BCUT2D eigenvalue weighted by atomic mass is 16.6. The summed E-state index contributed by atoms with van der Waals surface area (Å²) < 4.78 is 12.2. The Morgan fingerprint density at radius 2 is 1.93 bits per heavy atom. The summed E-state index contributed by atoms with van der Waals surface area (Å²) in [7, 11) is 0. The molecule has 0 aromatic carbocycles. The first kappa shape index (κ1) is 22.5. The molecule has 27 heavy (non-hydrogen) atoms. The number of hydrogen-bond donors (Lipinski definition) is 0. The number of nitriles is 1. The van der Waals surface area contributed by atoms with E-state index in [0.717, 1.165) is 29.9 Å². The molecule has 0 unspecified atom stereocenters. The van der Waals surface area contributed by atoms with Crippen molar-refractivity contribution >= 4 is 18.0 Å². The summed E-state index contributed by atoms with van der Waals surface area (Å²) in [6, 6.07) is 3.79. The second-order valence-electron chi connectivity index (χ2n) is 7.99. The Labute approximate surface area is 161 Å². The fourth-order valence-electron chi connectivity index (χ4n) is 2.57. The summed E-state index contributed by atoms with van der Waals surface area (Å²) in [5.41, 5.74) is 2.04. The monoisotopic (exact) mass is 374 g/mol. The molecule has 0 fully saturated rings. The molecule has 6 heteroatoms. The van der Waals surface area contributed by atoms with Crippen LogP contribution in [0.1, 0.15) is 58.0 Å². The summed E-state index contributed by atoms with van der Waals surface area (Å²) in [4.78, 5) is 23.8. The minimum Gasteiger partial charge on any atom is -0.457 e. The summed E-state index contributed by atoms with van der Waals surface area (Å²) in [6.45, 7) is 13.8. The van der Waals surface area contributed by atoms with E-state index in [9.17, 15) is 14.9 Å². The molecule has 0 bridgehead atoms. The molecule has 0 aliphatic rings. The molecule has 0 atom stereocenters. The number of rotatable bonds is 7. The summed E-state index contributed by atoms with van der Waals surface area (Å²) >= 11 is 0. The largest absolute Gasteiger partial charge is 0.457 e. The number of ether oxygens (including phenoxy) is 2. The third kappa shape index (κ3) is 7.30. The number of carbonyl (C=O) groups excluding carboxylic acids is 2. The molecule has 0 aliphatic carbocycles. The molecule has 0 N–H and O–H groups in total. The van der Waals surface area contributed by atoms with Crippen molar-refractivity contribution in [2.45, 2.75) is 67.0 Å². The SMILES string of the molecule is Cc1cc(/C=C(/C#N)C(=O)OCC(=O)OC(C)(C)C)c(C)n1CCC(C)C. The van der Waals surface area contributed by atoms with Crippen LogP contribution in [-0.2, 0) is 25.6 Å². The summed E-state index contributed by atoms with van der Waals surface area (Å²) in [6.07, 6.45) is 2.55. The molecule has 148 valence electrons. The standard InChI is InChI=1S/C21H30N2O4/c1-14(2)8-9-23-15(3)10-17(16(23)4)11-18(12-22)20(25)26-13-19(24)27-21(5,6)7/h10-11,14H,8-9,13H2,1-7H3/b18-11-. The van der Waals surface area contributed by atoms with Gasteiger partial charge in [0.15, 0.2) is 6.61 Å². The van der Waals surface area contributed by atoms with Gasteiger partial charge in [0.1, 0.15) is 17.2 Å². The van der Waals surface area contributed by atoms with E-state index in [2.05, 4.69) is 18.4 Å². The lowest BCUT2D eigenvalue weighted by Gasteiger charge is -2.19. The van der Waals surface area contributed by atoms with Crippen LogP contribution in [-0.4, -0.2) is 28.7 Å². The average molecular weight is 374 g/mol. The second kappa shape index (κ2) is 9.40. The van der Waals surface area contributed by atoms with E-state index in [1.54, 1.807) is 20.8 Å². The highest BCUT2D eigenvalue weighted by molar-refractivity contribution is 5.98. The topological polar surface area (TPSA) is 81.3 Å². The van der Waals surface area contributed by atoms with Gasteiger partial charge in [0.2, 0.25) is 0 Å². The molecule has 0 radical (unpaired) electrons. The van der Waals surface area contributed by atoms with Crippen molar-refractivity contribution in [3.05, 3.63) is 28.6 Å². The smallest absolute Gasteiger partial charge is 0.349 e. The highest BCUT2D eigenvalue weighted by Gasteiger charge is 2.19. The Balaban J connectivity index is 2.88. The molecule has 0 aliphatic heterocycles. The second-order valence-corrected chi connectivity index (χ2v) is 7.99. The highest BCUT2D eigenvalue weighted by Crippen LogP contribution is 2.20. The predicted molar refractivity (Wildman–Crippen MR) is 104 cm³/mol. The number of esters is 2. The number of aromatic nitrogens is 1. The summed E-state index contributed by atoms with van der Waals surface area (Å²) in [5.74, 6) is -0.905. The Bertz CT molecular complexity index is 758. The quantitative estimate of drug-likeness (QED) is 0.410. The van der Waals surface area contributed by atoms with Crippen LogP contribution in [0.2, 0.25) is 0 Å². The van der Waals surface area contributed by atoms with Gasteiger partial charge in [-0.1, -0.05) is 13.8 Å². The molecule has 6 nitrogen and oxygen atoms in total. The van der Waals surface area contributed by atoms with Crippen LogP contribution in [0.25, 0.3) is 6.08 Å². The van der Waals surface area contributed by atoms with Crippen LogP contribution in [0.5, 0.6) is 0 Å². The Morgan fingerprint density at radius 3 is 2.44 bits per heavy atom. The van der Waals surface area contributed by atoms with E-state index in [4.69, 9.17) is 9.47 Å². The minimum atomic E-state index is -0.838. The van der Waals surface area contributed by atoms with Gasteiger partial charge in [-0.3, -0.25) is 0 Å². The molecular weight excluding hydrogens is 344 g/mol. The lowest BCUT2D eigenvalue weighted by molar-refractivity contribution is -0.164. The maximum absolute atomic E-state index is 12.1. The number of hydrogen-bond acceptors (Lipinski definition) is 5. The van der Waals surface area contributed by atoms with Crippen molar-refractivity contribution < 1.29 is 19.1 Å². The van der Waals surface area contributed by atoms with Crippen LogP contribution in [0.4, 0.5) is 0 Å². The number of nitrogens with zero attached hydrogens (tertiary/aromatic N) is 2. The molecule has 0 saturated carbocycles. The number of aryl methyl sites for hydroxylation is 1. The Hall–Kier alpha value is -2.55. The number of carbonyl (C=O) groups is 2. The van der Waals surface area contributed by atoms with Gasteiger partial charge in [-0.15, -0.1) is 0 Å². The lowest BCUT2D eigenvalue weighted by atomic mass is 10.1. The van der Waals surface area contributed by atoms with E-state index in [1.807, 2.05) is 26.0 Å². The van der Waals surface area contributed by atoms with Gasteiger partial charge in [-0.2, -0.15) is 5.26 Å². The zero-order valence-electron chi connectivity index (χ0n) is 17.4. The van der Waals surface area contributed by atoms with E-state index in [1.165, 1.54) is 6.08 Å². The van der Waals surface area contributed by atoms with Crippen molar-refractivity contribution in [3.8, 4) is 6.07 Å². The van der Waals surface area contributed by atoms with E-state index < -0.39 is 24.1 Å². The van der Waals surface area contributed by atoms with Gasteiger partial charge in [0, 0.05) is 17.9 Å².